The van der Waals surface area contributed by atoms with E-state index in [1.54, 1.807) is 0 Å². The molecule has 0 fully saturated rings. The monoisotopic (exact) mass is 186 g/mol. The van der Waals surface area contributed by atoms with Gasteiger partial charge in [-0.1, -0.05) is 13.8 Å². The van der Waals surface area contributed by atoms with Crippen LogP contribution in [0.4, 0.5) is 0 Å². The molecule has 0 aliphatic carbocycles. The summed E-state index contributed by atoms with van der Waals surface area (Å²) in [6.07, 6.45) is 2.18. The Balaban J connectivity index is 4.22. The van der Waals surface area contributed by atoms with E-state index in [1.807, 2.05) is 0 Å². The molecule has 0 radical (unpaired) electrons. The molecule has 13 heavy (non-hydrogen) atoms. The maximum Gasteiger partial charge on any atom is 0.0252 e. The topological polar surface area (TPSA) is 29.3 Å². The summed E-state index contributed by atoms with van der Waals surface area (Å²) in [6.45, 7) is 12.0. The summed E-state index contributed by atoms with van der Waals surface area (Å²) >= 11 is 0. The minimum Gasteiger partial charge on any atom is -0.324 e. The first-order valence-corrected chi connectivity index (χ1v) is 5.25. The van der Waals surface area contributed by atoms with Crippen molar-refractivity contribution in [1.29, 1.82) is 0 Å². The van der Waals surface area contributed by atoms with Crippen LogP contribution in [0.2, 0.25) is 0 Å². The molecule has 2 heteroatoms. The molecule has 2 nitrogen and oxygen atoms in total. The van der Waals surface area contributed by atoms with Crippen LogP contribution in [-0.4, -0.2) is 29.6 Å². The Morgan fingerprint density at radius 3 is 1.85 bits per heavy atom. The van der Waals surface area contributed by atoms with Crippen molar-refractivity contribution in [2.24, 2.45) is 5.73 Å². The van der Waals surface area contributed by atoms with Crippen LogP contribution in [-0.2, 0) is 0 Å². The first-order valence-electron chi connectivity index (χ1n) is 5.25. The Morgan fingerprint density at radius 2 is 1.54 bits per heavy atom. The number of hydrogen-bond donors (Lipinski definition) is 1. The molecule has 0 rings (SSSR count). The van der Waals surface area contributed by atoms with Gasteiger partial charge in [-0.3, -0.25) is 4.90 Å². The summed E-state index contributed by atoms with van der Waals surface area (Å²) in [5.41, 5.74) is 6.33. The number of rotatable bonds is 5. The fourth-order valence-electron chi connectivity index (χ4n) is 1.14. The molecular weight excluding hydrogens is 160 g/mol. The zero-order valence-corrected chi connectivity index (χ0v) is 10.1. The smallest absolute Gasteiger partial charge is 0.0252 e. The van der Waals surface area contributed by atoms with Crippen LogP contribution in [0.3, 0.4) is 0 Å². The fraction of sp³-hybridized carbons (Fsp3) is 1.00. The van der Waals surface area contributed by atoms with Crippen LogP contribution < -0.4 is 5.73 Å². The van der Waals surface area contributed by atoms with Crippen molar-refractivity contribution in [3.05, 3.63) is 0 Å². The predicted molar refractivity (Wildman–Crippen MR) is 59.9 cm³/mol. The van der Waals surface area contributed by atoms with Gasteiger partial charge in [-0.25, -0.2) is 0 Å². The lowest BCUT2D eigenvalue weighted by Gasteiger charge is -2.39. The van der Waals surface area contributed by atoms with E-state index in [4.69, 9.17) is 5.73 Å². The lowest BCUT2D eigenvalue weighted by Crippen LogP contribution is -2.52. The van der Waals surface area contributed by atoms with Crippen molar-refractivity contribution < 1.29 is 0 Å². The number of nitrogens with zero attached hydrogens (tertiary/aromatic N) is 1. The summed E-state index contributed by atoms with van der Waals surface area (Å²) in [4.78, 5) is 2.36. The van der Waals surface area contributed by atoms with Gasteiger partial charge >= 0.3 is 0 Å². The second kappa shape index (κ2) is 4.43. The van der Waals surface area contributed by atoms with E-state index in [0.29, 0.717) is 0 Å². The Labute approximate surface area is 83.5 Å². The van der Waals surface area contributed by atoms with Crippen molar-refractivity contribution in [3.63, 3.8) is 0 Å². The van der Waals surface area contributed by atoms with Gasteiger partial charge in [0, 0.05) is 17.6 Å². The van der Waals surface area contributed by atoms with E-state index < -0.39 is 0 Å². The molecule has 0 spiro atoms. The highest BCUT2D eigenvalue weighted by atomic mass is 15.2. The highest BCUT2D eigenvalue weighted by Gasteiger charge is 2.26. The summed E-state index contributed by atoms with van der Waals surface area (Å²) in [5.74, 6) is 0. The highest BCUT2D eigenvalue weighted by molar-refractivity contribution is 4.86. The molecule has 0 aromatic rings. The van der Waals surface area contributed by atoms with E-state index in [1.165, 1.54) is 0 Å². The van der Waals surface area contributed by atoms with Crippen molar-refractivity contribution in [3.8, 4) is 0 Å². The molecule has 80 valence electrons. The number of likely N-dealkylation sites (N-methyl/N-ethyl adjacent to an activating group) is 1. The summed E-state index contributed by atoms with van der Waals surface area (Å²) in [7, 11) is 2.16. The SMILES string of the molecule is CCC(C)(N)CN(C)C(C)(C)CC. The second-order valence-corrected chi connectivity index (χ2v) is 5.03. The molecule has 0 saturated carbocycles. The van der Waals surface area contributed by atoms with Gasteiger partial charge in [0.1, 0.15) is 0 Å². The van der Waals surface area contributed by atoms with E-state index >= 15 is 0 Å². The summed E-state index contributed by atoms with van der Waals surface area (Å²) in [6, 6.07) is 0. The molecule has 0 aromatic heterocycles. The van der Waals surface area contributed by atoms with Crippen LogP contribution in [0.5, 0.6) is 0 Å². The van der Waals surface area contributed by atoms with E-state index in [0.717, 1.165) is 19.4 Å². The molecule has 0 amide bonds. The van der Waals surface area contributed by atoms with Gasteiger partial charge in [-0.05, 0) is 40.7 Å². The summed E-state index contributed by atoms with van der Waals surface area (Å²) in [5, 5.41) is 0. The number of hydrogen-bond acceptors (Lipinski definition) is 2. The average Bonchev–Trinajstić information content (AvgIpc) is 2.04. The van der Waals surface area contributed by atoms with Gasteiger partial charge in [0.25, 0.3) is 0 Å². The largest absolute Gasteiger partial charge is 0.324 e. The van der Waals surface area contributed by atoms with Gasteiger partial charge in [-0.2, -0.15) is 0 Å². The Hall–Kier alpha value is -0.0800. The van der Waals surface area contributed by atoms with Crippen molar-refractivity contribution in [1.82, 2.24) is 4.90 Å². The molecule has 1 unspecified atom stereocenters. The Morgan fingerprint density at radius 1 is 1.08 bits per heavy atom. The molecule has 0 bridgehead atoms. The maximum absolute atomic E-state index is 6.13. The van der Waals surface area contributed by atoms with E-state index in [-0.39, 0.29) is 11.1 Å². The Kier molecular flexibility index (Phi) is 4.40. The lowest BCUT2D eigenvalue weighted by atomic mass is 9.94. The molecule has 0 saturated heterocycles. The van der Waals surface area contributed by atoms with Crippen LogP contribution in [0.1, 0.15) is 47.5 Å². The first kappa shape index (κ1) is 12.9. The van der Waals surface area contributed by atoms with Crippen LogP contribution >= 0.6 is 0 Å². The van der Waals surface area contributed by atoms with Gasteiger partial charge in [0.2, 0.25) is 0 Å². The van der Waals surface area contributed by atoms with Gasteiger partial charge in [0.15, 0.2) is 0 Å². The fourth-order valence-corrected chi connectivity index (χ4v) is 1.14. The molecular formula is C11H26N2. The van der Waals surface area contributed by atoms with Crippen LogP contribution in [0, 0.1) is 0 Å². The number of nitrogens with two attached hydrogens (primary N) is 1. The second-order valence-electron chi connectivity index (χ2n) is 5.03. The van der Waals surface area contributed by atoms with Gasteiger partial charge < -0.3 is 5.73 Å². The van der Waals surface area contributed by atoms with E-state index in [2.05, 4.69) is 46.6 Å². The zero-order chi connectivity index (χ0) is 10.7. The quantitative estimate of drug-likeness (QED) is 0.713. The van der Waals surface area contributed by atoms with Crippen molar-refractivity contribution >= 4 is 0 Å². The first-order chi connectivity index (χ1) is 5.75. The zero-order valence-electron chi connectivity index (χ0n) is 10.1. The van der Waals surface area contributed by atoms with Crippen molar-refractivity contribution in [2.75, 3.05) is 13.6 Å². The third-order valence-corrected chi connectivity index (χ3v) is 3.30. The van der Waals surface area contributed by atoms with Gasteiger partial charge in [-0.15, -0.1) is 0 Å². The molecule has 0 aliphatic rings. The third-order valence-electron chi connectivity index (χ3n) is 3.30. The maximum atomic E-state index is 6.13. The highest BCUT2D eigenvalue weighted by Crippen LogP contribution is 2.19. The lowest BCUT2D eigenvalue weighted by molar-refractivity contribution is 0.119. The minimum atomic E-state index is -0.0544. The average molecular weight is 186 g/mol. The molecule has 0 aliphatic heterocycles. The normalized spacial score (nSPS) is 17.5. The minimum absolute atomic E-state index is 0.0544. The molecule has 1 atom stereocenters. The third kappa shape index (κ3) is 4.10. The summed E-state index contributed by atoms with van der Waals surface area (Å²) < 4.78 is 0. The Bertz CT molecular complexity index is 150. The van der Waals surface area contributed by atoms with Gasteiger partial charge in [0.05, 0.1) is 0 Å². The van der Waals surface area contributed by atoms with Crippen LogP contribution in [0.15, 0.2) is 0 Å². The standard InChI is InChI=1S/C11H26N2/c1-7-10(3,4)13(6)9-11(5,12)8-2/h7-9,12H2,1-6H3. The van der Waals surface area contributed by atoms with E-state index in [9.17, 15) is 0 Å². The molecule has 2 N–H and O–H groups in total. The molecule has 0 aromatic carbocycles. The molecule has 0 heterocycles. The predicted octanol–water partition coefficient (Wildman–Crippen LogP) is 2.23. The van der Waals surface area contributed by atoms with Crippen molar-refractivity contribution in [2.45, 2.75) is 58.5 Å². The van der Waals surface area contributed by atoms with Crippen LogP contribution in [0.25, 0.3) is 0 Å².